The summed E-state index contributed by atoms with van der Waals surface area (Å²) in [5.74, 6) is 0. The van der Waals surface area contributed by atoms with E-state index < -0.39 is 17.8 Å². The molecule has 2 amide bonds. The zero-order valence-corrected chi connectivity index (χ0v) is 15.1. The first kappa shape index (κ1) is 19.3. The predicted molar refractivity (Wildman–Crippen MR) is 95.9 cm³/mol. The lowest BCUT2D eigenvalue weighted by atomic mass is 10.0. The zero-order valence-electron chi connectivity index (χ0n) is 15.1. The average Bonchev–Trinajstić information content (AvgIpc) is 3.16. The van der Waals surface area contributed by atoms with Crippen molar-refractivity contribution < 1.29 is 18.0 Å². The molecule has 0 atom stereocenters. The number of carbonyl (C=O) groups excluding carboxylic acids is 1. The smallest absolute Gasteiger partial charge is 0.334 e. The van der Waals surface area contributed by atoms with Crippen molar-refractivity contribution in [1.82, 2.24) is 25.5 Å². The molecule has 2 aromatic carbocycles. The normalized spacial score (nSPS) is 11.3. The summed E-state index contributed by atoms with van der Waals surface area (Å²) in [5, 5.41) is 16.4. The summed E-state index contributed by atoms with van der Waals surface area (Å²) in [5.41, 5.74) is 2.37. The number of benzene rings is 2. The number of nitrogens with one attached hydrogen (secondary N) is 2. The van der Waals surface area contributed by atoms with Gasteiger partial charge in [0.05, 0.1) is 11.3 Å². The second kappa shape index (κ2) is 7.67. The van der Waals surface area contributed by atoms with E-state index in [1.54, 1.807) is 25.1 Å². The van der Waals surface area contributed by atoms with Gasteiger partial charge in [0.2, 0.25) is 0 Å². The summed E-state index contributed by atoms with van der Waals surface area (Å²) in [6.07, 6.45) is -2.95. The van der Waals surface area contributed by atoms with Crippen LogP contribution in [0.15, 0.2) is 42.7 Å². The van der Waals surface area contributed by atoms with Crippen LogP contribution >= 0.6 is 0 Å². The quantitative estimate of drug-likeness (QED) is 0.713. The molecular weight excluding hydrogens is 373 g/mol. The highest BCUT2D eigenvalue weighted by Gasteiger charge is 2.30. The van der Waals surface area contributed by atoms with Crippen molar-refractivity contribution in [2.75, 3.05) is 5.32 Å². The minimum Gasteiger partial charge on any atom is -0.334 e. The molecule has 0 radical (unpaired) electrons. The molecule has 28 heavy (non-hydrogen) atoms. The molecule has 1 heterocycles. The first-order valence-corrected chi connectivity index (χ1v) is 8.30. The molecule has 0 fully saturated rings. The standard InChI is InChI=1S/C18H17F3N6O/c1-11-8-14(18(19,20)21)7-6-13(11)9-22-17(28)24-15-4-3-5-16(12(15)2)27-10-23-25-26-27/h3-8,10H,9H2,1-2H3,(H2,22,24,28). The van der Waals surface area contributed by atoms with E-state index in [2.05, 4.69) is 26.2 Å². The van der Waals surface area contributed by atoms with Crippen LogP contribution in [0.4, 0.5) is 23.7 Å². The van der Waals surface area contributed by atoms with Crippen LogP contribution < -0.4 is 10.6 Å². The summed E-state index contributed by atoms with van der Waals surface area (Å²) >= 11 is 0. The number of hydrogen-bond donors (Lipinski definition) is 2. The van der Waals surface area contributed by atoms with Crippen molar-refractivity contribution in [2.45, 2.75) is 26.6 Å². The Morgan fingerprint density at radius 3 is 2.61 bits per heavy atom. The molecule has 0 aliphatic heterocycles. The van der Waals surface area contributed by atoms with Crippen LogP contribution in [-0.2, 0) is 12.7 Å². The van der Waals surface area contributed by atoms with E-state index >= 15 is 0 Å². The largest absolute Gasteiger partial charge is 0.416 e. The van der Waals surface area contributed by atoms with Crippen LogP contribution in [0.2, 0.25) is 0 Å². The summed E-state index contributed by atoms with van der Waals surface area (Å²) in [6.45, 7) is 3.48. The van der Waals surface area contributed by atoms with E-state index in [-0.39, 0.29) is 6.54 Å². The third-order valence-corrected chi connectivity index (χ3v) is 4.26. The highest BCUT2D eigenvalue weighted by Crippen LogP contribution is 2.30. The topological polar surface area (TPSA) is 84.7 Å². The highest BCUT2D eigenvalue weighted by molar-refractivity contribution is 5.90. The summed E-state index contributed by atoms with van der Waals surface area (Å²) in [7, 11) is 0. The maximum absolute atomic E-state index is 12.7. The molecule has 0 spiro atoms. The van der Waals surface area contributed by atoms with Gasteiger partial charge in [-0.05, 0) is 65.2 Å². The van der Waals surface area contributed by atoms with Crippen molar-refractivity contribution in [3.05, 3.63) is 65.0 Å². The Balaban J connectivity index is 1.66. The van der Waals surface area contributed by atoms with E-state index in [0.717, 1.165) is 17.7 Å². The van der Waals surface area contributed by atoms with Crippen LogP contribution in [0.5, 0.6) is 0 Å². The number of urea groups is 1. The van der Waals surface area contributed by atoms with Crippen molar-refractivity contribution in [3.63, 3.8) is 0 Å². The Morgan fingerprint density at radius 2 is 1.96 bits per heavy atom. The minimum absolute atomic E-state index is 0.0987. The molecule has 7 nitrogen and oxygen atoms in total. The van der Waals surface area contributed by atoms with Crippen LogP contribution in [0.1, 0.15) is 22.3 Å². The minimum atomic E-state index is -4.39. The Bertz CT molecular complexity index is 985. The molecule has 0 aliphatic carbocycles. The summed E-state index contributed by atoms with van der Waals surface area (Å²) in [6, 6.07) is 8.24. The maximum Gasteiger partial charge on any atom is 0.416 e. The Kier molecular flexibility index (Phi) is 5.30. The lowest BCUT2D eigenvalue weighted by Gasteiger charge is -2.14. The average molecular weight is 390 g/mol. The number of nitrogens with zero attached hydrogens (tertiary/aromatic N) is 4. The second-order valence-corrected chi connectivity index (χ2v) is 6.15. The van der Waals surface area contributed by atoms with E-state index in [9.17, 15) is 18.0 Å². The molecule has 3 aromatic rings. The van der Waals surface area contributed by atoms with Crippen molar-refractivity contribution in [3.8, 4) is 5.69 Å². The van der Waals surface area contributed by atoms with Crippen LogP contribution in [0.3, 0.4) is 0 Å². The maximum atomic E-state index is 12.7. The Morgan fingerprint density at radius 1 is 1.18 bits per heavy atom. The first-order valence-electron chi connectivity index (χ1n) is 8.30. The Hall–Kier alpha value is -3.43. The van der Waals surface area contributed by atoms with Crippen molar-refractivity contribution in [1.29, 1.82) is 0 Å². The Labute approximate surface area is 158 Å². The molecule has 1 aromatic heterocycles. The SMILES string of the molecule is Cc1cc(C(F)(F)F)ccc1CNC(=O)Nc1cccc(-n2cnnn2)c1C. The molecule has 2 N–H and O–H groups in total. The van der Waals surface area contributed by atoms with Gasteiger partial charge < -0.3 is 10.6 Å². The predicted octanol–water partition coefficient (Wildman–Crippen LogP) is 3.62. The number of rotatable bonds is 4. The van der Waals surface area contributed by atoms with Crippen molar-refractivity contribution in [2.24, 2.45) is 0 Å². The summed E-state index contributed by atoms with van der Waals surface area (Å²) < 4.78 is 39.7. The van der Waals surface area contributed by atoms with Crippen molar-refractivity contribution >= 4 is 11.7 Å². The van der Waals surface area contributed by atoms with Gasteiger partial charge in [-0.1, -0.05) is 12.1 Å². The van der Waals surface area contributed by atoms with E-state index in [1.165, 1.54) is 17.1 Å². The number of halogens is 3. The van der Waals surface area contributed by atoms with Gasteiger partial charge in [0.1, 0.15) is 6.33 Å². The molecule has 0 saturated heterocycles. The number of tetrazole rings is 1. The lowest BCUT2D eigenvalue weighted by Crippen LogP contribution is -2.29. The monoisotopic (exact) mass is 390 g/mol. The number of alkyl halides is 3. The van der Waals surface area contributed by atoms with Gasteiger partial charge in [-0.15, -0.1) is 5.10 Å². The fraction of sp³-hybridized carbons (Fsp3) is 0.222. The number of amides is 2. The summed E-state index contributed by atoms with van der Waals surface area (Å²) in [4.78, 5) is 12.2. The number of hydrogen-bond acceptors (Lipinski definition) is 4. The molecule has 0 saturated carbocycles. The number of aryl methyl sites for hydroxylation is 1. The first-order chi connectivity index (χ1) is 13.3. The molecule has 3 rings (SSSR count). The van der Waals surface area contributed by atoms with Crippen LogP contribution in [-0.4, -0.2) is 26.2 Å². The molecule has 0 aliphatic rings. The molecule has 0 unspecified atom stereocenters. The van der Waals surface area contributed by atoms with Crippen LogP contribution in [0.25, 0.3) is 5.69 Å². The van der Waals surface area contributed by atoms with Gasteiger partial charge in [0.25, 0.3) is 0 Å². The second-order valence-electron chi connectivity index (χ2n) is 6.15. The highest BCUT2D eigenvalue weighted by atomic mass is 19.4. The molecular formula is C18H17F3N6O. The van der Waals surface area contributed by atoms with Crippen LogP contribution in [0, 0.1) is 13.8 Å². The molecule has 0 bridgehead atoms. The fourth-order valence-corrected chi connectivity index (χ4v) is 2.69. The van der Waals surface area contributed by atoms with Gasteiger partial charge >= 0.3 is 12.2 Å². The van der Waals surface area contributed by atoms with Gasteiger partial charge in [-0.2, -0.15) is 13.2 Å². The van der Waals surface area contributed by atoms with Gasteiger partial charge in [0.15, 0.2) is 0 Å². The third-order valence-electron chi connectivity index (χ3n) is 4.26. The molecule has 146 valence electrons. The van der Waals surface area contributed by atoms with E-state index in [4.69, 9.17) is 0 Å². The molecule has 10 heteroatoms. The van der Waals surface area contributed by atoms with Gasteiger partial charge in [0, 0.05) is 12.2 Å². The zero-order chi connectivity index (χ0) is 20.3. The van der Waals surface area contributed by atoms with Gasteiger partial charge in [-0.3, -0.25) is 0 Å². The number of carbonyl (C=O) groups is 1. The number of anilines is 1. The van der Waals surface area contributed by atoms with E-state index in [0.29, 0.717) is 22.5 Å². The van der Waals surface area contributed by atoms with Gasteiger partial charge in [-0.25, -0.2) is 9.48 Å². The fourth-order valence-electron chi connectivity index (χ4n) is 2.69. The lowest BCUT2D eigenvalue weighted by molar-refractivity contribution is -0.137. The number of aromatic nitrogens is 4. The third kappa shape index (κ3) is 4.27. The van der Waals surface area contributed by atoms with E-state index in [1.807, 2.05) is 6.92 Å².